The van der Waals surface area contributed by atoms with Crippen LogP contribution in [0.15, 0.2) is 42.5 Å². The molecule has 5 aromatic rings. The molecule has 140 valence electrons. The summed E-state index contributed by atoms with van der Waals surface area (Å²) in [5, 5.41) is 3.44. The first-order valence-electron chi connectivity index (χ1n) is 9.20. The van der Waals surface area contributed by atoms with Crippen molar-refractivity contribution in [3.05, 3.63) is 54.1 Å². The number of hydrogen-bond donors (Lipinski definition) is 1. The Morgan fingerprint density at radius 3 is 2.50 bits per heavy atom. The molecule has 3 aromatic carbocycles. The first-order valence-corrected chi connectivity index (χ1v) is 9.20. The molecule has 0 fully saturated rings. The SMILES string of the molecule is CN(C)CC1Oc2c3[nH]c4ccc(F)cc4c3cc3c4cc(F)ccc4n1c23. The highest BCUT2D eigenvalue weighted by Crippen LogP contribution is 2.48. The largest absolute Gasteiger partial charge is 0.464 e. The lowest BCUT2D eigenvalue weighted by atomic mass is 10.1. The summed E-state index contributed by atoms with van der Waals surface area (Å²) in [4.78, 5) is 5.45. The second-order valence-corrected chi connectivity index (χ2v) is 7.71. The van der Waals surface area contributed by atoms with Crippen LogP contribution in [0.4, 0.5) is 8.78 Å². The van der Waals surface area contributed by atoms with Crippen molar-refractivity contribution in [2.45, 2.75) is 6.23 Å². The highest BCUT2D eigenvalue weighted by molar-refractivity contribution is 6.21. The fraction of sp³-hybridized carbons (Fsp3) is 0.182. The number of benzene rings is 3. The van der Waals surface area contributed by atoms with E-state index in [4.69, 9.17) is 4.74 Å². The third kappa shape index (κ3) is 1.95. The Kier molecular flexibility index (Phi) is 2.97. The summed E-state index contributed by atoms with van der Waals surface area (Å²) in [7, 11) is 3.99. The third-order valence-corrected chi connectivity index (χ3v) is 5.60. The van der Waals surface area contributed by atoms with E-state index in [1.165, 1.54) is 18.2 Å². The van der Waals surface area contributed by atoms with Gasteiger partial charge in [0.15, 0.2) is 12.0 Å². The first-order chi connectivity index (χ1) is 13.5. The van der Waals surface area contributed by atoms with Crippen LogP contribution in [0.25, 0.3) is 43.6 Å². The number of H-pyrrole nitrogens is 1. The maximum atomic E-state index is 14.1. The summed E-state index contributed by atoms with van der Waals surface area (Å²) in [6.07, 6.45) is -0.218. The van der Waals surface area contributed by atoms with Crippen LogP contribution in [0, 0.1) is 11.6 Å². The lowest BCUT2D eigenvalue weighted by molar-refractivity contribution is 0.127. The van der Waals surface area contributed by atoms with Gasteiger partial charge in [0.05, 0.1) is 23.1 Å². The second-order valence-electron chi connectivity index (χ2n) is 7.71. The van der Waals surface area contributed by atoms with Crippen molar-refractivity contribution in [3.63, 3.8) is 0 Å². The van der Waals surface area contributed by atoms with Gasteiger partial charge in [-0.05, 0) is 56.6 Å². The van der Waals surface area contributed by atoms with Crippen molar-refractivity contribution >= 4 is 43.6 Å². The van der Waals surface area contributed by atoms with Crippen LogP contribution in [0.2, 0.25) is 0 Å². The van der Waals surface area contributed by atoms with E-state index in [9.17, 15) is 8.78 Å². The van der Waals surface area contributed by atoms with E-state index in [0.717, 1.165) is 49.4 Å². The summed E-state index contributed by atoms with van der Waals surface area (Å²) in [6.45, 7) is 0.682. The van der Waals surface area contributed by atoms with Crippen LogP contribution in [0.5, 0.6) is 5.75 Å². The Morgan fingerprint density at radius 1 is 0.964 bits per heavy atom. The molecule has 1 N–H and O–H groups in total. The van der Waals surface area contributed by atoms with Gasteiger partial charge in [-0.1, -0.05) is 0 Å². The van der Waals surface area contributed by atoms with E-state index in [1.807, 2.05) is 20.2 Å². The number of aromatic nitrogens is 2. The van der Waals surface area contributed by atoms with Crippen LogP contribution >= 0.6 is 0 Å². The van der Waals surface area contributed by atoms with Gasteiger partial charge < -0.3 is 14.6 Å². The molecule has 0 saturated carbocycles. The molecule has 3 heterocycles. The molecule has 0 radical (unpaired) electrons. The molecule has 6 rings (SSSR count). The number of ether oxygens (including phenoxy) is 1. The molecule has 0 aliphatic carbocycles. The standard InChI is InChI=1S/C22H17F2N3O/c1-26(2)10-19-27-18-6-4-12(24)8-14(18)16-9-15-13-7-11(23)3-5-17(13)25-20(15)22(28-19)21(16)27/h3-9,19,25H,10H2,1-2H3. The minimum Gasteiger partial charge on any atom is -0.464 e. The Hall–Kier alpha value is -3.12. The van der Waals surface area contributed by atoms with Gasteiger partial charge in [0.25, 0.3) is 0 Å². The zero-order chi connectivity index (χ0) is 19.2. The smallest absolute Gasteiger partial charge is 0.189 e. The van der Waals surface area contributed by atoms with E-state index < -0.39 is 0 Å². The van der Waals surface area contributed by atoms with Crippen molar-refractivity contribution in [1.29, 1.82) is 0 Å². The van der Waals surface area contributed by atoms with Crippen molar-refractivity contribution in [2.75, 3.05) is 20.6 Å². The number of nitrogens with one attached hydrogen (secondary N) is 1. The van der Waals surface area contributed by atoms with Gasteiger partial charge in [0.1, 0.15) is 11.6 Å². The predicted molar refractivity (Wildman–Crippen MR) is 107 cm³/mol. The van der Waals surface area contributed by atoms with Gasteiger partial charge in [-0.3, -0.25) is 4.57 Å². The molecular weight excluding hydrogens is 360 g/mol. The van der Waals surface area contributed by atoms with E-state index in [0.29, 0.717) is 6.54 Å². The van der Waals surface area contributed by atoms with E-state index >= 15 is 0 Å². The number of nitrogens with zero attached hydrogens (tertiary/aromatic N) is 2. The van der Waals surface area contributed by atoms with Crippen molar-refractivity contribution in [2.24, 2.45) is 0 Å². The molecular formula is C22H17F2N3O. The maximum absolute atomic E-state index is 14.1. The average molecular weight is 377 g/mol. The summed E-state index contributed by atoms with van der Waals surface area (Å²) in [6, 6.07) is 11.6. The molecule has 2 aromatic heterocycles. The Labute approximate surface area is 158 Å². The van der Waals surface area contributed by atoms with Gasteiger partial charge in [-0.2, -0.15) is 0 Å². The molecule has 1 unspecified atom stereocenters. The Balaban J connectivity index is 1.80. The van der Waals surface area contributed by atoms with E-state index in [1.54, 1.807) is 18.2 Å². The number of likely N-dealkylation sites (N-methyl/N-ethyl adjacent to an activating group) is 1. The average Bonchev–Trinajstić information content (AvgIpc) is 3.28. The van der Waals surface area contributed by atoms with Crippen LogP contribution in [-0.2, 0) is 0 Å². The Morgan fingerprint density at radius 2 is 1.71 bits per heavy atom. The fourth-order valence-electron chi connectivity index (χ4n) is 4.50. The normalized spacial score (nSPS) is 16.2. The van der Waals surface area contributed by atoms with Crippen molar-refractivity contribution < 1.29 is 13.5 Å². The van der Waals surface area contributed by atoms with Crippen LogP contribution in [-0.4, -0.2) is 35.1 Å². The quantitative estimate of drug-likeness (QED) is 0.461. The highest BCUT2D eigenvalue weighted by atomic mass is 19.1. The summed E-state index contributed by atoms with van der Waals surface area (Å²) in [5.41, 5.74) is 3.58. The monoisotopic (exact) mass is 377 g/mol. The van der Waals surface area contributed by atoms with Crippen molar-refractivity contribution in [1.82, 2.24) is 14.5 Å². The van der Waals surface area contributed by atoms with E-state index in [-0.39, 0.29) is 17.9 Å². The maximum Gasteiger partial charge on any atom is 0.189 e. The van der Waals surface area contributed by atoms with Crippen LogP contribution in [0.1, 0.15) is 6.23 Å². The molecule has 0 amide bonds. The Bertz CT molecular complexity index is 1430. The minimum atomic E-state index is -0.287. The molecule has 1 aliphatic rings. The van der Waals surface area contributed by atoms with Gasteiger partial charge in [0.2, 0.25) is 0 Å². The molecule has 0 spiro atoms. The predicted octanol–water partition coefficient (Wildman–Crippen LogP) is 5.16. The van der Waals surface area contributed by atoms with Crippen LogP contribution < -0.4 is 4.74 Å². The number of rotatable bonds is 2. The summed E-state index contributed by atoms with van der Waals surface area (Å²) < 4.78 is 36.5. The number of halogens is 2. The number of hydrogen-bond acceptors (Lipinski definition) is 2. The minimum absolute atomic E-state index is 0.218. The fourth-order valence-corrected chi connectivity index (χ4v) is 4.50. The lowest BCUT2D eigenvalue weighted by Gasteiger charge is -2.19. The van der Waals surface area contributed by atoms with Gasteiger partial charge in [-0.25, -0.2) is 8.78 Å². The molecule has 6 heteroatoms. The molecule has 0 bridgehead atoms. The second kappa shape index (κ2) is 5.23. The molecule has 4 nitrogen and oxygen atoms in total. The first kappa shape index (κ1) is 15.9. The van der Waals surface area contributed by atoms with Crippen LogP contribution in [0.3, 0.4) is 0 Å². The molecule has 1 atom stereocenters. The zero-order valence-electron chi connectivity index (χ0n) is 15.4. The topological polar surface area (TPSA) is 33.2 Å². The lowest BCUT2D eigenvalue weighted by Crippen LogP contribution is -2.25. The third-order valence-electron chi connectivity index (χ3n) is 5.60. The molecule has 28 heavy (non-hydrogen) atoms. The molecule has 0 saturated heterocycles. The van der Waals surface area contributed by atoms with Crippen molar-refractivity contribution in [3.8, 4) is 5.75 Å². The zero-order valence-corrected chi connectivity index (χ0v) is 15.4. The van der Waals surface area contributed by atoms with E-state index in [2.05, 4.69) is 14.5 Å². The van der Waals surface area contributed by atoms with Gasteiger partial charge in [-0.15, -0.1) is 0 Å². The molecule has 1 aliphatic heterocycles. The highest BCUT2D eigenvalue weighted by Gasteiger charge is 2.32. The number of fused-ring (bicyclic) bond motifs is 7. The summed E-state index contributed by atoms with van der Waals surface area (Å²) in [5.74, 6) is 0.182. The van der Waals surface area contributed by atoms with Gasteiger partial charge in [0, 0.05) is 27.1 Å². The van der Waals surface area contributed by atoms with Gasteiger partial charge >= 0.3 is 0 Å². The number of aromatic amines is 1. The summed E-state index contributed by atoms with van der Waals surface area (Å²) >= 11 is 0.